The number of hydrogen-bond acceptors (Lipinski definition) is 3. The average molecular weight is 264 g/mol. The maximum Gasteiger partial charge on any atom is 0.171 e. The van der Waals surface area contributed by atoms with Crippen LogP contribution in [0.3, 0.4) is 0 Å². The monoisotopic (exact) mass is 264 g/mol. The summed E-state index contributed by atoms with van der Waals surface area (Å²) in [5.74, 6) is 1.28. The van der Waals surface area contributed by atoms with Gasteiger partial charge in [0.2, 0.25) is 0 Å². The second kappa shape index (κ2) is 6.55. The first-order chi connectivity index (χ1) is 8.81. The number of nitrogens with zero attached hydrogens (tertiary/aromatic N) is 1. The average Bonchev–Trinajstić information content (AvgIpc) is 2.27. The first-order valence-corrected chi connectivity index (χ1v) is 6.75. The second-order valence-corrected chi connectivity index (χ2v) is 6.36. The number of hydrogen-bond donors (Lipinski definition) is 2. The van der Waals surface area contributed by atoms with Crippen molar-refractivity contribution >= 4 is 11.4 Å². The van der Waals surface area contributed by atoms with Gasteiger partial charge in [0.25, 0.3) is 0 Å². The van der Waals surface area contributed by atoms with Gasteiger partial charge in [-0.1, -0.05) is 27.7 Å². The molecule has 0 fully saturated rings. The lowest BCUT2D eigenvalue weighted by molar-refractivity contribution is -0.210. The third kappa shape index (κ3) is 5.73. The predicted molar refractivity (Wildman–Crippen MR) is 78.2 cm³/mol. The van der Waals surface area contributed by atoms with E-state index in [-0.39, 0.29) is 0 Å². The van der Waals surface area contributed by atoms with Crippen LogP contribution >= 0.6 is 0 Å². The van der Waals surface area contributed by atoms with Crippen molar-refractivity contribution in [2.24, 2.45) is 16.4 Å². The first kappa shape index (κ1) is 15.5. The van der Waals surface area contributed by atoms with Crippen molar-refractivity contribution in [1.82, 2.24) is 0 Å². The molecule has 0 aliphatic heterocycles. The van der Waals surface area contributed by atoms with Gasteiger partial charge in [0.15, 0.2) is 11.4 Å². The molecule has 0 radical (unpaired) electrons. The summed E-state index contributed by atoms with van der Waals surface area (Å²) in [5, 5.41) is 3.69. The van der Waals surface area contributed by atoms with Crippen LogP contribution in [0.1, 0.15) is 40.5 Å². The minimum Gasteiger partial charge on any atom is -0.491 e. The van der Waals surface area contributed by atoms with E-state index in [1.54, 1.807) is 18.2 Å². The molecule has 0 bridgehead atoms. The highest BCUT2D eigenvalue weighted by molar-refractivity contribution is 5.58. The lowest BCUT2D eigenvalue weighted by Crippen LogP contribution is -2.22. The van der Waals surface area contributed by atoms with Crippen molar-refractivity contribution in [3.05, 3.63) is 18.2 Å². The fourth-order valence-corrected chi connectivity index (χ4v) is 2.27. The summed E-state index contributed by atoms with van der Waals surface area (Å²) in [7, 11) is 0. The summed E-state index contributed by atoms with van der Waals surface area (Å²) < 4.78 is 5.74. The van der Waals surface area contributed by atoms with Crippen molar-refractivity contribution in [3.8, 4) is 5.75 Å². The first-order valence-electron chi connectivity index (χ1n) is 6.75. The molecule has 1 aromatic carbocycles. The number of nitrogen functional groups attached to an aromatic ring is 1. The van der Waals surface area contributed by atoms with Crippen LogP contribution in [-0.2, 0) is 0 Å². The quantitative estimate of drug-likeness (QED) is 0.612. The Bertz CT molecular complexity index is 424. The zero-order valence-corrected chi connectivity index (χ0v) is 12.4. The Balaban J connectivity index is 2.49. The van der Waals surface area contributed by atoms with Crippen molar-refractivity contribution in [1.29, 1.82) is 0 Å². The minimum absolute atomic E-state index is 0.355. The second-order valence-electron chi connectivity index (χ2n) is 6.36. The van der Waals surface area contributed by atoms with Gasteiger partial charge in [-0.25, -0.2) is 0 Å². The van der Waals surface area contributed by atoms with Gasteiger partial charge in [-0.3, -0.25) is 0 Å². The molecule has 0 amide bonds. The molecule has 1 atom stereocenters. The highest BCUT2D eigenvalue weighted by Crippen LogP contribution is 2.30. The Hall–Kier alpha value is -1.58. The largest absolute Gasteiger partial charge is 0.491 e. The van der Waals surface area contributed by atoms with Crippen LogP contribution in [0.2, 0.25) is 0 Å². The summed E-state index contributed by atoms with van der Waals surface area (Å²) in [6, 6.07) is 5.30. The smallest absolute Gasteiger partial charge is 0.171 e. The van der Waals surface area contributed by atoms with Crippen molar-refractivity contribution in [2.75, 3.05) is 12.3 Å². The SMILES string of the molecule is CC(CCOc1cc(N)ccc1N=[NH2+])CC(C)(C)C. The Morgan fingerprint density at radius 3 is 2.63 bits per heavy atom. The number of ether oxygens (including phenoxy) is 1. The highest BCUT2D eigenvalue weighted by atomic mass is 16.5. The molecule has 19 heavy (non-hydrogen) atoms. The third-order valence-electron chi connectivity index (χ3n) is 2.95. The summed E-state index contributed by atoms with van der Waals surface area (Å²) in [6.45, 7) is 9.68. The van der Waals surface area contributed by atoms with E-state index in [0.717, 1.165) is 6.42 Å². The van der Waals surface area contributed by atoms with E-state index < -0.39 is 0 Å². The molecular weight excluding hydrogens is 238 g/mol. The van der Waals surface area contributed by atoms with Crippen LogP contribution in [0.25, 0.3) is 0 Å². The number of rotatable bonds is 6. The zero-order valence-electron chi connectivity index (χ0n) is 12.4. The number of benzene rings is 1. The molecule has 0 saturated carbocycles. The summed E-state index contributed by atoms with van der Waals surface area (Å²) in [5.41, 5.74) is 12.7. The van der Waals surface area contributed by atoms with Crippen LogP contribution in [0.4, 0.5) is 11.4 Å². The third-order valence-corrected chi connectivity index (χ3v) is 2.95. The predicted octanol–water partition coefficient (Wildman–Crippen LogP) is 2.95. The lowest BCUT2D eigenvalue weighted by atomic mass is 9.84. The molecule has 0 heterocycles. The molecule has 4 nitrogen and oxygen atoms in total. The highest BCUT2D eigenvalue weighted by Gasteiger charge is 2.15. The Morgan fingerprint density at radius 1 is 1.37 bits per heavy atom. The Kier molecular flexibility index (Phi) is 5.33. The van der Waals surface area contributed by atoms with Crippen molar-refractivity contribution in [3.63, 3.8) is 0 Å². The molecule has 0 aromatic heterocycles. The van der Waals surface area contributed by atoms with E-state index in [9.17, 15) is 0 Å². The van der Waals surface area contributed by atoms with Gasteiger partial charge in [0, 0.05) is 11.8 Å². The Morgan fingerprint density at radius 2 is 2.05 bits per heavy atom. The Labute approximate surface area is 115 Å². The molecule has 4 heteroatoms. The molecule has 1 rings (SSSR count). The van der Waals surface area contributed by atoms with Crippen LogP contribution < -0.4 is 16.0 Å². The minimum atomic E-state index is 0.355. The van der Waals surface area contributed by atoms with Crippen molar-refractivity contribution in [2.45, 2.75) is 40.5 Å². The standard InChI is InChI=1S/C15H25N3O/c1-11(10-15(2,3)4)7-8-19-14-9-12(16)5-6-13(14)18-17/h5-6,9,11,17H,7-8,10,16H2,1-4H3/p+1. The van der Waals surface area contributed by atoms with E-state index in [2.05, 4.69) is 32.8 Å². The van der Waals surface area contributed by atoms with Gasteiger partial charge in [-0.05, 0) is 41.4 Å². The molecule has 1 unspecified atom stereocenters. The topological polar surface area (TPSA) is 73.2 Å². The van der Waals surface area contributed by atoms with E-state index >= 15 is 0 Å². The molecule has 106 valence electrons. The fourth-order valence-electron chi connectivity index (χ4n) is 2.27. The van der Waals surface area contributed by atoms with Crippen LogP contribution in [0.5, 0.6) is 5.75 Å². The molecule has 0 spiro atoms. The van der Waals surface area contributed by atoms with Gasteiger partial charge in [-0.15, -0.1) is 0 Å². The number of anilines is 1. The van der Waals surface area contributed by atoms with E-state index in [1.165, 1.54) is 6.42 Å². The maximum atomic E-state index is 5.74. The molecule has 0 aliphatic carbocycles. The van der Waals surface area contributed by atoms with Gasteiger partial charge in [-0.2, -0.15) is 5.53 Å². The van der Waals surface area contributed by atoms with Crippen LogP contribution in [0.15, 0.2) is 23.3 Å². The van der Waals surface area contributed by atoms with Gasteiger partial charge in [0.1, 0.15) is 0 Å². The molecule has 0 aliphatic rings. The lowest BCUT2D eigenvalue weighted by Gasteiger charge is -2.23. The summed E-state index contributed by atoms with van der Waals surface area (Å²) in [6.07, 6.45) is 2.19. The molecule has 0 saturated heterocycles. The summed E-state index contributed by atoms with van der Waals surface area (Å²) in [4.78, 5) is 0. The zero-order chi connectivity index (χ0) is 14.5. The van der Waals surface area contributed by atoms with Crippen LogP contribution in [-0.4, -0.2) is 6.61 Å². The van der Waals surface area contributed by atoms with Gasteiger partial charge < -0.3 is 10.5 Å². The molecule has 4 N–H and O–H groups in total. The molecular formula is C15H26N3O+. The maximum absolute atomic E-state index is 5.74. The van der Waals surface area contributed by atoms with E-state index in [1.807, 2.05) is 0 Å². The molecule has 1 aromatic rings. The van der Waals surface area contributed by atoms with Gasteiger partial charge >= 0.3 is 0 Å². The van der Waals surface area contributed by atoms with Crippen LogP contribution in [0, 0.1) is 11.3 Å². The number of nitrogens with two attached hydrogens (primary N) is 2. The fraction of sp³-hybridized carbons (Fsp3) is 0.600. The van der Waals surface area contributed by atoms with E-state index in [4.69, 9.17) is 16.0 Å². The summed E-state index contributed by atoms with van der Waals surface area (Å²) >= 11 is 0. The van der Waals surface area contributed by atoms with Gasteiger partial charge in [0.05, 0.1) is 6.61 Å². The van der Waals surface area contributed by atoms with Crippen molar-refractivity contribution < 1.29 is 10.3 Å². The normalized spacial score (nSPS) is 13.1. The van der Waals surface area contributed by atoms with E-state index in [0.29, 0.717) is 35.1 Å².